The van der Waals surface area contributed by atoms with Gasteiger partial charge in [-0.25, -0.2) is 4.39 Å². The molecule has 1 aromatic rings. The number of nitrogens with two attached hydrogens (primary N) is 1. The maximum absolute atomic E-state index is 12.8. The van der Waals surface area contributed by atoms with E-state index < -0.39 is 0 Å². The zero-order valence-corrected chi connectivity index (χ0v) is 10.5. The van der Waals surface area contributed by atoms with Crippen molar-refractivity contribution in [2.45, 2.75) is 18.9 Å². The molecule has 0 saturated heterocycles. The molecule has 0 aliphatic rings. The van der Waals surface area contributed by atoms with Crippen LogP contribution in [-0.4, -0.2) is 33.4 Å². The maximum Gasteiger partial charge on any atom is 0.123 e. The third-order valence-corrected chi connectivity index (χ3v) is 2.88. The van der Waals surface area contributed by atoms with Crippen LogP contribution in [-0.2, 0) is 4.74 Å². The fourth-order valence-electron chi connectivity index (χ4n) is 1.82. The maximum atomic E-state index is 12.8. The molecular formula is C13H21FN2O. The summed E-state index contributed by atoms with van der Waals surface area (Å²) in [4.78, 5) is 2.11. The van der Waals surface area contributed by atoms with E-state index in [1.54, 1.807) is 19.2 Å². The lowest BCUT2D eigenvalue weighted by Gasteiger charge is -2.29. The van der Waals surface area contributed by atoms with Gasteiger partial charge >= 0.3 is 0 Å². The molecule has 1 aromatic carbocycles. The monoisotopic (exact) mass is 240 g/mol. The molecule has 2 N–H and O–H groups in total. The predicted molar refractivity (Wildman–Crippen MR) is 68.8 cm³/mol. The van der Waals surface area contributed by atoms with E-state index in [-0.39, 0.29) is 11.9 Å². The standard InChI is InChI=1S/C13H21FN2O/c1-16(12-7-5-11(14)6-8-12)13(10-17-2)4-3-9-15/h5-8,13H,3-4,9-10,15H2,1-2H3. The Morgan fingerprint density at radius 1 is 1.35 bits per heavy atom. The topological polar surface area (TPSA) is 38.5 Å². The summed E-state index contributed by atoms with van der Waals surface area (Å²) in [5, 5.41) is 0. The first-order valence-electron chi connectivity index (χ1n) is 5.86. The highest BCUT2D eigenvalue weighted by Crippen LogP contribution is 2.18. The minimum absolute atomic E-state index is 0.215. The summed E-state index contributed by atoms with van der Waals surface area (Å²) in [6, 6.07) is 6.77. The van der Waals surface area contributed by atoms with Crippen LogP contribution in [0.5, 0.6) is 0 Å². The molecule has 0 bridgehead atoms. The van der Waals surface area contributed by atoms with E-state index in [0.717, 1.165) is 18.5 Å². The first-order chi connectivity index (χ1) is 8.19. The Morgan fingerprint density at radius 3 is 2.53 bits per heavy atom. The van der Waals surface area contributed by atoms with Gasteiger partial charge in [-0.2, -0.15) is 0 Å². The van der Waals surface area contributed by atoms with E-state index in [1.807, 2.05) is 7.05 Å². The van der Waals surface area contributed by atoms with Gasteiger partial charge in [0, 0.05) is 19.8 Å². The molecule has 0 radical (unpaired) electrons. The number of hydrogen-bond donors (Lipinski definition) is 1. The van der Waals surface area contributed by atoms with Crippen molar-refractivity contribution in [3.05, 3.63) is 30.1 Å². The van der Waals surface area contributed by atoms with Gasteiger partial charge in [-0.1, -0.05) is 0 Å². The minimum Gasteiger partial charge on any atom is -0.383 e. The molecule has 0 aliphatic carbocycles. The summed E-state index contributed by atoms with van der Waals surface area (Å²) in [6.45, 7) is 1.32. The van der Waals surface area contributed by atoms with Crippen molar-refractivity contribution >= 4 is 5.69 Å². The number of methoxy groups -OCH3 is 1. The van der Waals surface area contributed by atoms with Crippen LogP contribution in [0.15, 0.2) is 24.3 Å². The van der Waals surface area contributed by atoms with Gasteiger partial charge < -0.3 is 15.4 Å². The predicted octanol–water partition coefficient (Wildman–Crippen LogP) is 2.02. The summed E-state index contributed by atoms with van der Waals surface area (Å²) < 4.78 is 18.1. The molecule has 0 fully saturated rings. The molecule has 1 atom stereocenters. The fraction of sp³-hybridized carbons (Fsp3) is 0.538. The minimum atomic E-state index is -0.215. The Balaban J connectivity index is 2.68. The van der Waals surface area contributed by atoms with Crippen LogP contribution in [0.25, 0.3) is 0 Å². The van der Waals surface area contributed by atoms with E-state index in [1.165, 1.54) is 12.1 Å². The number of likely N-dealkylation sites (N-methyl/N-ethyl adjacent to an activating group) is 1. The summed E-state index contributed by atoms with van der Waals surface area (Å²) >= 11 is 0. The molecule has 0 heterocycles. The lowest BCUT2D eigenvalue weighted by atomic mass is 10.1. The molecule has 0 amide bonds. The second kappa shape index (κ2) is 7.25. The highest BCUT2D eigenvalue weighted by molar-refractivity contribution is 5.46. The van der Waals surface area contributed by atoms with Crippen molar-refractivity contribution < 1.29 is 9.13 Å². The first kappa shape index (κ1) is 13.9. The zero-order valence-electron chi connectivity index (χ0n) is 10.5. The smallest absolute Gasteiger partial charge is 0.123 e. The van der Waals surface area contributed by atoms with Crippen molar-refractivity contribution in [3.8, 4) is 0 Å². The quantitative estimate of drug-likeness (QED) is 0.792. The molecule has 0 aromatic heterocycles. The Kier molecular flexibility index (Phi) is 5.94. The fourth-order valence-corrected chi connectivity index (χ4v) is 1.82. The van der Waals surface area contributed by atoms with Crippen molar-refractivity contribution in [2.24, 2.45) is 5.73 Å². The van der Waals surface area contributed by atoms with Gasteiger partial charge in [-0.15, -0.1) is 0 Å². The van der Waals surface area contributed by atoms with Gasteiger partial charge in [-0.3, -0.25) is 0 Å². The first-order valence-corrected chi connectivity index (χ1v) is 5.86. The Morgan fingerprint density at radius 2 is 2.00 bits per heavy atom. The van der Waals surface area contributed by atoms with Gasteiger partial charge in [0.25, 0.3) is 0 Å². The number of ether oxygens (including phenoxy) is 1. The molecule has 0 aliphatic heterocycles. The highest BCUT2D eigenvalue weighted by Gasteiger charge is 2.14. The molecule has 0 spiro atoms. The van der Waals surface area contributed by atoms with Crippen LogP contribution < -0.4 is 10.6 Å². The van der Waals surface area contributed by atoms with Crippen LogP contribution in [0.4, 0.5) is 10.1 Å². The summed E-state index contributed by atoms with van der Waals surface area (Å²) in [6.07, 6.45) is 1.93. The van der Waals surface area contributed by atoms with Crippen LogP contribution in [0, 0.1) is 5.82 Å². The second-order valence-electron chi connectivity index (χ2n) is 4.13. The SMILES string of the molecule is COCC(CCCN)N(C)c1ccc(F)cc1. The van der Waals surface area contributed by atoms with Gasteiger partial charge in [0.1, 0.15) is 5.82 Å². The average Bonchev–Trinajstić information content (AvgIpc) is 2.34. The molecule has 1 unspecified atom stereocenters. The van der Waals surface area contributed by atoms with Crippen molar-refractivity contribution in [3.63, 3.8) is 0 Å². The normalized spacial score (nSPS) is 12.5. The molecule has 0 saturated carbocycles. The van der Waals surface area contributed by atoms with E-state index in [0.29, 0.717) is 13.2 Å². The average molecular weight is 240 g/mol. The van der Waals surface area contributed by atoms with Crippen LogP contribution >= 0.6 is 0 Å². The Hall–Kier alpha value is -1.13. The van der Waals surface area contributed by atoms with Crippen LogP contribution in [0.1, 0.15) is 12.8 Å². The Bertz CT molecular complexity index is 316. The van der Waals surface area contributed by atoms with Crippen molar-refractivity contribution in [2.75, 3.05) is 32.2 Å². The van der Waals surface area contributed by atoms with Crippen molar-refractivity contribution in [1.82, 2.24) is 0 Å². The molecule has 17 heavy (non-hydrogen) atoms. The molecule has 1 rings (SSSR count). The highest BCUT2D eigenvalue weighted by atomic mass is 19.1. The van der Waals surface area contributed by atoms with E-state index in [9.17, 15) is 4.39 Å². The third-order valence-electron chi connectivity index (χ3n) is 2.88. The van der Waals surface area contributed by atoms with Gasteiger partial charge in [0.15, 0.2) is 0 Å². The van der Waals surface area contributed by atoms with Gasteiger partial charge in [-0.05, 0) is 43.7 Å². The zero-order chi connectivity index (χ0) is 12.7. The molecular weight excluding hydrogens is 219 g/mol. The number of anilines is 1. The number of benzene rings is 1. The number of nitrogens with zero attached hydrogens (tertiary/aromatic N) is 1. The van der Waals surface area contributed by atoms with Gasteiger partial charge in [0.05, 0.1) is 12.6 Å². The summed E-state index contributed by atoms with van der Waals surface area (Å²) in [7, 11) is 3.68. The van der Waals surface area contributed by atoms with Gasteiger partial charge in [0.2, 0.25) is 0 Å². The number of rotatable bonds is 7. The molecule has 3 nitrogen and oxygen atoms in total. The van der Waals surface area contributed by atoms with E-state index in [2.05, 4.69) is 4.90 Å². The Labute approximate surface area is 102 Å². The van der Waals surface area contributed by atoms with E-state index >= 15 is 0 Å². The summed E-state index contributed by atoms with van der Waals surface area (Å²) in [5.41, 5.74) is 6.51. The van der Waals surface area contributed by atoms with Crippen LogP contribution in [0.3, 0.4) is 0 Å². The number of halogens is 1. The number of hydrogen-bond acceptors (Lipinski definition) is 3. The largest absolute Gasteiger partial charge is 0.383 e. The summed E-state index contributed by atoms with van der Waals surface area (Å²) in [5.74, 6) is -0.215. The molecule has 96 valence electrons. The lowest BCUT2D eigenvalue weighted by Crippen LogP contribution is -2.35. The second-order valence-corrected chi connectivity index (χ2v) is 4.13. The lowest BCUT2D eigenvalue weighted by molar-refractivity contribution is 0.174. The van der Waals surface area contributed by atoms with Crippen molar-refractivity contribution in [1.29, 1.82) is 0 Å². The third kappa shape index (κ3) is 4.32. The van der Waals surface area contributed by atoms with Crippen LogP contribution in [0.2, 0.25) is 0 Å². The van der Waals surface area contributed by atoms with E-state index in [4.69, 9.17) is 10.5 Å². The molecule has 4 heteroatoms.